The highest BCUT2D eigenvalue weighted by Gasteiger charge is 2.12. The number of hydrogen-bond donors (Lipinski definition) is 2. The van der Waals surface area contributed by atoms with E-state index < -0.39 is 18.6 Å². The van der Waals surface area contributed by atoms with Gasteiger partial charge < -0.3 is 15.8 Å². The molecule has 1 aliphatic rings. The van der Waals surface area contributed by atoms with Crippen LogP contribution in [-0.2, 0) is 4.74 Å². The Morgan fingerprint density at radius 3 is 2.59 bits per heavy atom. The van der Waals surface area contributed by atoms with E-state index in [0.717, 1.165) is 0 Å². The van der Waals surface area contributed by atoms with Crippen LogP contribution in [0.15, 0.2) is 53.4 Å². The van der Waals surface area contributed by atoms with Crippen LogP contribution >= 0.6 is 0 Å². The van der Waals surface area contributed by atoms with Gasteiger partial charge in [-0.2, -0.15) is 5.26 Å². The van der Waals surface area contributed by atoms with Crippen molar-refractivity contribution in [1.29, 1.82) is 5.26 Å². The van der Waals surface area contributed by atoms with E-state index in [1.165, 1.54) is 30.5 Å². The number of aromatic nitrogens is 1. The van der Waals surface area contributed by atoms with Crippen molar-refractivity contribution in [1.82, 2.24) is 4.98 Å². The number of amides is 1. The molecule has 1 aromatic heterocycles. The van der Waals surface area contributed by atoms with Gasteiger partial charge in [-0.15, -0.1) is 0 Å². The zero-order valence-electron chi connectivity index (χ0n) is 15.8. The molecule has 0 radical (unpaired) electrons. The molecule has 0 aliphatic carbocycles. The minimum absolute atomic E-state index is 0.0441. The molecule has 0 spiro atoms. The summed E-state index contributed by atoms with van der Waals surface area (Å²) in [5.74, 6) is -0.158. The number of hydrogen-bond acceptors (Lipinski definition) is 6. The van der Waals surface area contributed by atoms with Crippen molar-refractivity contribution in [2.75, 3.05) is 12.0 Å². The standard InChI is InChI=1S/C14H10FN3O.C6H9FN2O/c1-9-6-10(7-16)8-17-13(9)14(19)18-12-4-2-11(15)3-5-12;1-4-2-5(3-7)9-6(8)10-4/h2-6,8H,1H3,(H,18,19);2,5H,3H2,1H3,(H2,8,9)/t;5-/m.1/s1. The van der Waals surface area contributed by atoms with Crippen LogP contribution in [0.2, 0.25) is 0 Å². The lowest BCUT2D eigenvalue weighted by Gasteiger charge is -2.13. The maximum absolute atomic E-state index is 12.7. The summed E-state index contributed by atoms with van der Waals surface area (Å²) in [6.45, 7) is 2.89. The number of nitriles is 1. The Bertz CT molecular complexity index is 963. The summed E-state index contributed by atoms with van der Waals surface area (Å²) >= 11 is 0. The normalized spacial score (nSPS) is 14.9. The van der Waals surface area contributed by atoms with Gasteiger partial charge in [0, 0.05) is 11.9 Å². The van der Waals surface area contributed by atoms with E-state index in [0.29, 0.717) is 22.6 Å². The van der Waals surface area contributed by atoms with Crippen LogP contribution < -0.4 is 11.1 Å². The monoisotopic (exact) mass is 399 g/mol. The van der Waals surface area contributed by atoms with Crippen LogP contribution in [0.1, 0.15) is 28.5 Å². The summed E-state index contributed by atoms with van der Waals surface area (Å²) in [6.07, 6.45) is 2.93. The fourth-order valence-corrected chi connectivity index (χ4v) is 2.37. The molecule has 2 heterocycles. The molecule has 0 saturated carbocycles. The van der Waals surface area contributed by atoms with E-state index in [-0.39, 0.29) is 17.5 Å². The Morgan fingerprint density at radius 1 is 1.34 bits per heavy atom. The number of carbonyl (C=O) groups is 1. The molecule has 3 rings (SSSR count). The summed E-state index contributed by atoms with van der Waals surface area (Å²) in [7, 11) is 0. The summed E-state index contributed by atoms with van der Waals surface area (Å²) in [5, 5.41) is 11.3. The molecular formula is C20H19F2N5O2. The van der Waals surface area contributed by atoms with Gasteiger partial charge in [0.15, 0.2) is 0 Å². The molecule has 1 atom stereocenters. The van der Waals surface area contributed by atoms with Gasteiger partial charge in [-0.1, -0.05) is 0 Å². The number of aliphatic imine (C=N–C) groups is 1. The van der Waals surface area contributed by atoms with Crippen molar-refractivity contribution in [2.24, 2.45) is 10.7 Å². The molecule has 1 amide bonds. The van der Waals surface area contributed by atoms with Gasteiger partial charge >= 0.3 is 0 Å². The zero-order chi connectivity index (χ0) is 21.4. The van der Waals surface area contributed by atoms with Crippen molar-refractivity contribution in [2.45, 2.75) is 19.9 Å². The number of amidine groups is 1. The van der Waals surface area contributed by atoms with Crippen molar-refractivity contribution >= 4 is 17.6 Å². The number of nitrogens with one attached hydrogen (secondary N) is 1. The second kappa shape index (κ2) is 9.94. The molecule has 3 N–H and O–H groups in total. The number of rotatable bonds is 3. The first-order valence-electron chi connectivity index (χ1n) is 8.51. The van der Waals surface area contributed by atoms with E-state index >= 15 is 0 Å². The van der Waals surface area contributed by atoms with Crippen molar-refractivity contribution in [3.05, 3.63) is 71.0 Å². The van der Waals surface area contributed by atoms with Gasteiger partial charge in [0.2, 0.25) is 0 Å². The molecule has 7 nitrogen and oxygen atoms in total. The number of aryl methyl sites for hydroxylation is 1. The third-order valence-corrected chi connectivity index (χ3v) is 3.67. The smallest absolute Gasteiger partial charge is 0.287 e. The van der Waals surface area contributed by atoms with Gasteiger partial charge in [-0.05, 0) is 55.8 Å². The first kappa shape index (κ1) is 21.5. The number of benzene rings is 1. The number of halogens is 2. The highest BCUT2D eigenvalue weighted by molar-refractivity contribution is 6.03. The Kier molecular flexibility index (Phi) is 7.37. The predicted molar refractivity (Wildman–Crippen MR) is 104 cm³/mol. The fraction of sp³-hybridized carbons (Fsp3) is 0.200. The van der Waals surface area contributed by atoms with Crippen molar-refractivity contribution < 1.29 is 18.3 Å². The van der Waals surface area contributed by atoms with Crippen molar-refractivity contribution in [3.63, 3.8) is 0 Å². The van der Waals surface area contributed by atoms with Gasteiger partial charge in [0.1, 0.15) is 36.1 Å². The average Bonchev–Trinajstić information content (AvgIpc) is 2.69. The van der Waals surface area contributed by atoms with Crippen molar-refractivity contribution in [3.8, 4) is 6.07 Å². The predicted octanol–water partition coefficient (Wildman–Crippen LogP) is 3.23. The molecule has 2 aromatic rings. The minimum atomic E-state index is -0.526. The van der Waals surface area contributed by atoms with Gasteiger partial charge in [-0.3, -0.25) is 4.79 Å². The van der Waals surface area contributed by atoms with E-state index in [2.05, 4.69) is 15.3 Å². The number of pyridine rings is 1. The largest absolute Gasteiger partial charge is 0.431 e. The first-order valence-corrected chi connectivity index (χ1v) is 8.51. The molecule has 1 aromatic carbocycles. The molecule has 0 unspecified atom stereocenters. The minimum Gasteiger partial charge on any atom is -0.431 e. The van der Waals surface area contributed by atoms with Crippen LogP contribution in [0.4, 0.5) is 14.5 Å². The van der Waals surface area contributed by atoms with Gasteiger partial charge in [0.25, 0.3) is 11.9 Å². The number of carbonyl (C=O) groups excluding carboxylic acids is 1. The Balaban J connectivity index is 0.000000253. The molecule has 9 heteroatoms. The number of allylic oxidation sites excluding steroid dienone is 1. The van der Waals surface area contributed by atoms with Gasteiger partial charge in [0.05, 0.1) is 5.56 Å². The van der Waals surface area contributed by atoms with E-state index in [1.54, 1.807) is 26.0 Å². The van der Waals surface area contributed by atoms with Crippen LogP contribution in [0.5, 0.6) is 0 Å². The average molecular weight is 399 g/mol. The highest BCUT2D eigenvalue weighted by atomic mass is 19.1. The molecule has 29 heavy (non-hydrogen) atoms. The Hall–Kier alpha value is -3.80. The molecule has 1 aliphatic heterocycles. The summed E-state index contributed by atoms with van der Waals surface area (Å²) < 4.78 is 29.5. The second-order valence-electron chi connectivity index (χ2n) is 6.03. The van der Waals surface area contributed by atoms with E-state index in [4.69, 9.17) is 15.7 Å². The number of anilines is 1. The number of ether oxygens (including phenoxy) is 1. The zero-order valence-corrected chi connectivity index (χ0v) is 15.8. The highest BCUT2D eigenvalue weighted by Crippen LogP contribution is 2.12. The molecular weight excluding hydrogens is 380 g/mol. The quantitative estimate of drug-likeness (QED) is 0.823. The molecule has 0 bridgehead atoms. The third-order valence-electron chi connectivity index (χ3n) is 3.67. The van der Waals surface area contributed by atoms with Crippen LogP contribution in [0, 0.1) is 24.1 Å². The first-order chi connectivity index (χ1) is 13.8. The maximum atomic E-state index is 12.7. The van der Waals surface area contributed by atoms with Gasteiger partial charge in [-0.25, -0.2) is 18.8 Å². The lowest BCUT2D eigenvalue weighted by atomic mass is 10.1. The maximum Gasteiger partial charge on any atom is 0.287 e. The van der Waals surface area contributed by atoms with Crippen LogP contribution in [-0.4, -0.2) is 29.6 Å². The summed E-state index contributed by atoms with van der Waals surface area (Å²) in [6, 6.07) is 8.58. The number of alkyl halides is 1. The lowest BCUT2D eigenvalue weighted by molar-refractivity contribution is 0.102. The SMILES string of the molecule is CC1=C[C@H](CF)N=C(N)O1.Cc1cc(C#N)cnc1C(=O)Nc1ccc(F)cc1. The van der Waals surface area contributed by atoms with E-state index in [1.807, 2.05) is 6.07 Å². The topological polar surface area (TPSA) is 113 Å². The molecule has 0 saturated heterocycles. The fourth-order valence-electron chi connectivity index (χ4n) is 2.37. The van der Waals surface area contributed by atoms with Crippen LogP contribution in [0.3, 0.4) is 0 Å². The third kappa shape index (κ3) is 6.39. The lowest BCUT2D eigenvalue weighted by Crippen LogP contribution is -2.23. The van der Waals surface area contributed by atoms with E-state index in [9.17, 15) is 13.6 Å². The summed E-state index contributed by atoms with van der Waals surface area (Å²) in [5.41, 5.74) is 6.94. The number of nitrogens with zero attached hydrogens (tertiary/aromatic N) is 3. The molecule has 150 valence electrons. The Morgan fingerprint density at radius 2 is 2.03 bits per heavy atom. The van der Waals surface area contributed by atoms with Crippen LogP contribution in [0.25, 0.3) is 0 Å². The molecule has 0 fully saturated rings. The number of nitrogens with two attached hydrogens (primary N) is 1. The summed E-state index contributed by atoms with van der Waals surface area (Å²) in [4.78, 5) is 19.6. The second-order valence-corrected chi connectivity index (χ2v) is 6.03. The Labute approximate surface area is 166 Å².